The number of nitrogens with zero attached hydrogens (tertiary/aromatic N) is 2. The number of thioether (sulfide) groups is 1. The first kappa shape index (κ1) is 23.9. The summed E-state index contributed by atoms with van der Waals surface area (Å²) in [4.78, 5) is 35.7. The first-order valence-electron chi connectivity index (χ1n) is 8.03. The summed E-state index contributed by atoms with van der Waals surface area (Å²) in [6, 6.07) is 1.57. The number of alkyl halides is 4. The van der Waals surface area contributed by atoms with Crippen molar-refractivity contribution >= 4 is 29.3 Å². The van der Waals surface area contributed by atoms with E-state index in [1.807, 2.05) is 0 Å². The van der Waals surface area contributed by atoms with E-state index in [9.17, 15) is 41.4 Å². The number of halogens is 6. The van der Waals surface area contributed by atoms with Crippen LogP contribution in [0.5, 0.6) is 0 Å². The molecule has 0 radical (unpaired) electrons. The van der Waals surface area contributed by atoms with Gasteiger partial charge in [-0.15, -0.1) is 11.8 Å². The Morgan fingerprint density at radius 2 is 1.73 bits per heavy atom. The molecule has 0 amide bonds. The summed E-state index contributed by atoms with van der Waals surface area (Å²) in [5, 5.41) is 7.21. The van der Waals surface area contributed by atoms with Crippen LogP contribution in [-0.2, 0) is 18.0 Å². The van der Waals surface area contributed by atoms with E-state index in [1.165, 1.54) is 0 Å². The fourth-order valence-corrected chi connectivity index (χ4v) is 3.78. The smallest absolute Gasteiger partial charge is 0.431 e. The zero-order valence-electron chi connectivity index (χ0n) is 15.6. The predicted molar refractivity (Wildman–Crippen MR) is 99.7 cm³/mol. The highest BCUT2D eigenvalue weighted by Crippen LogP contribution is 2.38. The van der Waals surface area contributed by atoms with Crippen LogP contribution in [0.1, 0.15) is 19.5 Å². The van der Waals surface area contributed by atoms with Crippen molar-refractivity contribution in [2.45, 2.75) is 35.8 Å². The average molecular weight is 473 g/mol. The van der Waals surface area contributed by atoms with Crippen molar-refractivity contribution in [1.29, 1.82) is 0 Å². The van der Waals surface area contributed by atoms with E-state index in [2.05, 4.69) is 0 Å². The van der Waals surface area contributed by atoms with E-state index in [0.717, 1.165) is 27.0 Å². The fourth-order valence-electron chi connectivity index (χ4n) is 2.51. The third-order valence-electron chi connectivity index (χ3n) is 3.95. The first-order valence-corrected chi connectivity index (χ1v) is 9.29. The molecule has 13 heteroatoms. The highest BCUT2D eigenvalue weighted by molar-refractivity contribution is 8.00. The van der Waals surface area contributed by atoms with E-state index in [-0.39, 0.29) is 25.1 Å². The molecule has 0 aliphatic rings. The zero-order valence-corrected chi connectivity index (χ0v) is 17.1. The number of hydrogen-bond acceptors (Lipinski definition) is 4. The number of hydrogen-bond donors (Lipinski definition) is 1. The molecule has 1 heterocycles. The third kappa shape index (κ3) is 4.69. The van der Waals surface area contributed by atoms with Gasteiger partial charge in [0.1, 0.15) is 22.4 Å². The van der Waals surface area contributed by atoms with E-state index >= 15 is 0 Å². The lowest BCUT2D eigenvalue weighted by Gasteiger charge is -2.23. The SMILES string of the molecule is Cn1c(C(F)(F)F)cc(=O)n(-c2cc(SC(C(=O)O)C(C)(C)F)c(Cl)cc2F)c1=O. The minimum absolute atomic E-state index is 0.118. The van der Waals surface area contributed by atoms with Crippen LogP contribution in [0.25, 0.3) is 5.69 Å². The number of benzene rings is 1. The van der Waals surface area contributed by atoms with Gasteiger partial charge in [-0.05, 0) is 26.0 Å². The van der Waals surface area contributed by atoms with Crippen molar-refractivity contribution < 1.29 is 31.9 Å². The molecule has 1 aromatic heterocycles. The van der Waals surface area contributed by atoms with Gasteiger partial charge in [0.2, 0.25) is 0 Å². The highest BCUT2D eigenvalue weighted by Gasteiger charge is 2.38. The molecule has 1 N–H and O–H groups in total. The monoisotopic (exact) mass is 472 g/mol. The van der Waals surface area contributed by atoms with Crippen molar-refractivity contribution in [1.82, 2.24) is 9.13 Å². The van der Waals surface area contributed by atoms with E-state index in [1.54, 1.807) is 0 Å². The van der Waals surface area contributed by atoms with Gasteiger partial charge in [0, 0.05) is 18.0 Å². The Kier molecular flexibility index (Phi) is 6.43. The minimum atomic E-state index is -5.01. The molecule has 0 aliphatic carbocycles. The second-order valence-electron chi connectivity index (χ2n) is 6.68. The van der Waals surface area contributed by atoms with E-state index in [0.29, 0.717) is 17.8 Å². The molecular weight excluding hydrogens is 459 g/mol. The van der Waals surface area contributed by atoms with Crippen molar-refractivity contribution in [3.63, 3.8) is 0 Å². The van der Waals surface area contributed by atoms with E-state index < -0.39 is 51.5 Å². The van der Waals surface area contributed by atoms with Gasteiger partial charge in [0.15, 0.2) is 0 Å². The Bertz CT molecular complexity index is 1120. The first-order chi connectivity index (χ1) is 13.6. The fraction of sp³-hybridized carbons (Fsp3) is 0.353. The van der Waals surface area contributed by atoms with Crippen molar-refractivity contribution in [2.24, 2.45) is 7.05 Å². The van der Waals surface area contributed by atoms with Gasteiger partial charge in [-0.25, -0.2) is 18.1 Å². The quantitative estimate of drug-likeness (QED) is 0.531. The van der Waals surface area contributed by atoms with E-state index in [4.69, 9.17) is 11.6 Å². The molecule has 1 atom stereocenters. The van der Waals surface area contributed by atoms with Crippen molar-refractivity contribution in [3.8, 4) is 5.69 Å². The average Bonchev–Trinajstić information content (AvgIpc) is 2.56. The predicted octanol–water partition coefficient (Wildman–Crippen LogP) is 3.64. The molecule has 30 heavy (non-hydrogen) atoms. The molecule has 164 valence electrons. The zero-order chi connectivity index (χ0) is 23.2. The lowest BCUT2D eigenvalue weighted by Crippen LogP contribution is -2.41. The second kappa shape index (κ2) is 8.06. The summed E-state index contributed by atoms with van der Waals surface area (Å²) in [6.07, 6.45) is -5.01. The van der Waals surface area contributed by atoms with Crippen LogP contribution in [0.15, 0.2) is 32.7 Å². The van der Waals surface area contributed by atoms with Gasteiger partial charge in [-0.1, -0.05) is 11.6 Å². The Balaban J connectivity index is 2.73. The molecule has 1 aromatic carbocycles. The molecule has 6 nitrogen and oxygen atoms in total. The summed E-state index contributed by atoms with van der Waals surface area (Å²) in [5.41, 5.74) is -7.50. The van der Waals surface area contributed by atoms with Crippen LogP contribution >= 0.6 is 23.4 Å². The van der Waals surface area contributed by atoms with Gasteiger partial charge in [0.05, 0.1) is 10.7 Å². The molecule has 0 bridgehead atoms. The van der Waals surface area contributed by atoms with Gasteiger partial charge < -0.3 is 5.11 Å². The van der Waals surface area contributed by atoms with Crippen molar-refractivity contribution in [2.75, 3.05) is 0 Å². The number of rotatable bonds is 5. The van der Waals surface area contributed by atoms with Crippen LogP contribution in [0.3, 0.4) is 0 Å². The minimum Gasteiger partial charge on any atom is -0.480 e. The molecule has 0 spiro atoms. The van der Waals surface area contributed by atoms with Gasteiger partial charge >= 0.3 is 17.8 Å². The number of carboxylic acids is 1. The molecule has 2 aromatic rings. The molecule has 2 rings (SSSR count). The Morgan fingerprint density at radius 1 is 1.17 bits per heavy atom. The number of carbonyl (C=O) groups is 1. The largest absolute Gasteiger partial charge is 0.480 e. The van der Waals surface area contributed by atoms with Crippen molar-refractivity contribution in [3.05, 3.63) is 55.6 Å². The lowest BCUT2D eigenvalue weighted by atomic mass is 10.1. The standard InChI is InChI=1S/C17H14ClF5N2O4S/c1-16(2,20)13(14(27)28)30-10-5-9(8(19)4-7(10)18)25-12(26)6-11(17(21,22)23)24(3)15(25)29/h4-6,13H,1-3H3,(H,27,28). The number of aliphatic carboxylic acids is 1. The topological polar surface area (TPSA) is 81.3 Å². The molecule has 0 fully saturated rings. The lowest BCUT2D eigenvalue weighted by molar-refractivity contribution is -0.144. The summed E-state index contributed by atoms with van der Waals surface area (Å²) < 4.78 is 67.9. The van der Waals surface area contributed by atoms with Gasteiger partial charge in [-0.3, -0.25) is 14.2 Å². The summed E-state index contributed by atoms with van der Waals surface area (Å²) in [5.74, 6) is -2.77. The Morgan fingerprint density at radius 3 is 2.20 bits per heavy atom. The third-order valence-corrected chi connectivity index (χ3v) is 5.96. The number of carboxylic acid groups (broad SMARTS) is 1. The van der Waals surface area contributed by atoms with Gasteiger partial charge in [0.25, 0.3) is 5.56 Å². The second-order valence-corrected chi connectivity index (χ2v) is 8.23. The maximum absolute atomic E-state index is 14.5. The molecule has 1 unspecified atom stereocenters. The number of aromatic nitrogens is 2. The van der Waals surface area contributed by atoms with Crippen LogP contribution in [-0.4, -0.2) is 31.1 Å². The maximum atomic E-state index is 14.5. The molecule has 0 aliphatic heterocycles. The molecule has 0 saturated heterocycles. The van der Waals surface area contributed by atoms with Crippen LogP contribution in [0.2, 0.25) is 5.02 Å². The van der Waals surface area contributed by atoms with Crippen LogP contribution in [0, 0.1) is 5.82 Å². The van der Waals surface area contributed by atoms with Gasteiger partial charge in [-0.2, -0.15) is 13.2 Å². The Hall–Kier alpha value is -2.34. The maximum Gasteiger partial charge on any atom is 0.431 e. The van der Waals surface area contributed by atoms with Crippen LogP contribution in [0.4, 0.5) is 22.0 Å². The van der Waals surface area contributed by atoms with Crippen LogP contribution < -0.4 is 11.2 Å². The molecular formula is C17H14ClF5N2O4S. The Labute approximate surface area is 174 Å². The summed E-state index contributed by atoms with van der Waals surface area (Å²) >= 11 is 6.28. The summed E-state index contributed by atoms with van der Waals surface area (Å²) in [7, 11) is 0.747. The molecule has 0 saturated carbocycles. The summed E-state index contributed by atoms with van der Waals surface area (Å²) in [6.45, 7) is 1.99. The highest BCUT2D eigenvalue weighted by atomic mass is 35.5. The normalized spacial score (nSPS) is 13.4.